The van der Waals surface area contributed by atoms with Crippen LogP contribution in [0, 0.1) is 13.8 Å². The van der Waals surface area contributed by atoms with Gasteiger partial charge in [0, 0.05) is 26.9 Å². The Morgan fingerprint density at radius 1 is 0.739 bits per heavy atom. The van der Waals surface area contributed by atoms with Crippen LogP contribution in [-0.4, -0.2) is 17.7 Å². The first-order valence-electron chi connectivity index (χ1n) is 14.6. The molecule has 230 valence electrons. The largest absolute Gasteiger partial charge is 0.325 e. The number of thioether (sulfide) groups is 1. The standard InChI is InChI=1S/C38H32ClN3O3S/c1-25-13-22-33(26(2)23-25)41-38(45)35(28-9-5-3-6-10-28)46-32-20-18-31(19-21-32)40-37(44)34(24-27-14-16-30(39)17-15-27)42-36(43)29-11-7-4-8-12-29/h3-24,35H,1-2H3,(H,40,44)(H,41,45)(H,42,43)/b34-24-. The summed E-state index contributed by atoms with van der Waals surface area (Å²) in [7, 11) is 0. The van der Waals surface area contributed by atoms with E-state index >= 15 is 0 Å². The van der Waals surface area contributed by atoms with Crippen LogP contribution in [-0.2, 0) is 9.59 Å². The van der Waals surface area contributed by atoms with Gasteiger partial charge < -0.3 is 16.0 Å². The average molecular weight is 646 g/mol. The molecule has 0 aliphatic rings. The second-order valence-electron chi connectivity index (χ2n) is 10.6. The molecule has 1 atom stereocenters. The molecule has 0 aliphatic carbocycles. The maximum absolute atomic E-state index is 13.6. The molecule has 0 aliphatic heterocycles. The molecule has 5 aromatic carbocycles. The van der Waals surface area contributed by atoms with Crippen molar-refractivity contribution in [2.75, 3.05) is 10.6 Å². The number of rotatable bonds is 10. The number of benzene rings is 5. The summed E-state index contributed by atoms with van der Waals surface area (Å²) < 4.78 is 0. The highest BCUT2D eigenvalue weighted by Gasteiger charge is 2.23. The van der Waals surface area contributed by atoms with E-state index in [9.17, 15) is 14.4 Å². The van der Waals surface area contributed by atoms with E-state index in [0.29, 0.717) is 21.8 Å². The van der Waals surface area contributed by atoms with Crippen molar-refractivity contribution in [3.05, 3.63) is 166 Å². The summed E-state index contributed by atoms with van der Waals surface area (Å²) in [6.07, 6.45) is 1.59. The molecule has 0 fully saturated rings. The minimum absolute atomic E-state index is 0.0711. The van der Waals surface area contributed by atoms with Gasteiger partial charge in [0.2, 0.25) is 5.91 Å². The van der Waals surface area contributed by atoms with E-state index in [1.165, 1.54) is 11.8 Å². The molecule has 5 aromatic rings. The van der Waals surface area contributed by atoms with Crippen LogP contribution in [0.1, 0.15) is 37.9 Å². The lowest BCUT2D eigenvalue weighted by molar-refractivity contribution is -0.116. The van der Waals surface area contributed by atoms with Gasteiger partial charge in [-0.05, 0) is 91.2 Å². The molecule has 8 heteroatoms. The number of anilines is 2. The van der Waals surface area contributed by atoms with Crippen molar-refractivity contribution >= 4 is 58.5 Å². The quantitative estimate of drug-likeness (QED) is 0.105. The highest BCUT2D eigenvalue weighted by atomic mass is 35.5. The molecular weight excluding hydrogens is 614 g/mol. The second kappa shape index (κ2) is 15.3. The first-order chi connectivity index (χ1) is 22.2. The van der Waals surface area contributed by atoms with Crippen LogP contribution in [0.25, 0.3) is 6.08 Å². The predicted octanol–water partition coefficient (Wildman–Crippen LogP) is 8.84. The zero-order valence-electron chi connectivity index (χ0n) is 25.3. The van der Waals surface area contributed by atoms with Crippen LogP contribution in [0.4, 0.5) is 11.4 Å². The summed E-state index contributed by atoms with van der Waals surface area (Å²) in [4.78, 5) is 40.8. The number of amides is 3. The lowest BCUT2D eigenvalue weighted by Gasteiger charge is -2.18. The number of hydrogen-bond donors (Lipinski definition) is 3. The van der Waals surface area contributed by atoms with Crippen molar-refractivity contribution in [2.24, 2.45) is 0 Å². The van der Waals surface area contributed by atoms with Gasteiger partial charge in [-0.15, -0.1) is 11.8 Å². The second-order valence-corrected chi connectivity index (χ2v) is 12.2. The maximum Gasteiger partial charge on any atom is 0.272 e. The minimum atomic E-state index is -0.510. The molecule has 46 heavy (non-hydrogen) atoms. The fourth-order valence-corrected chi connectivity index (χ4v) is 5.82. The van der Waals surface area contributed by atoms with Crippen molar-refractivity contribution in [1.82, 2.24) is 5.32 Å². The Labute approximate surface area is 277 Å². The number of carbonyl (C=O) groups is 3. The lowest BCUT2D eigenvalue weighted by atomic mass is 10.1. The van der Waals surface area contributed by atoms with Crippen LogP contribution in [0.2, 0.25) is 5.02 Å². The minimum Gasteiger partial charge on any atom is -0.325 e. The molecule has 5 rings (SSSR count). The zero-order valence-corrected chi connectivity index (χ0v) is 26.9. The average Bonchev–Trinajstić information content (AvgIpc) is 3.07. The van der Waals surface area contributed by atoms with Gasteiger partial charge >= 0.3 is 0 Å². The molecule has 6 nitrogen and oxygen atoms in total. The third kappa shape index (κ3) is 8.75. The van der Waals surface area contributed by atoms with Crippen LogP contribution in [0.15, 0.2) is 138 Å². The van der Waals surface area contributed by atoms with Gasteiger partial charge in [0.15, 0.2) is 0 Å². The Hall–Kier alpha value is -5.11. The van der Waals surface area contributed by atoms with Crippen molar-refractivity contribution in [1.29, 1.82) is 0 Å². The number of carbonyl (C=O) groups excluding carboxylic acids is 3. The summed E-state index contributed by atoms with van der Waals surface area (Å²) in [5.41, 5.74) is 5.49. The van der Waals surface area contributed by atoms with Gasteiger partial charge in [0.25, 0.3) is 11.8 Å². The smallest absolute Gasteiger partial charge is 0.272 e. The predicted molar refractivity (Wildman–Crippen MR) is 188 cm³/mol. The van der Waals surface area contributed by atoms with Crippen LogP contribution in [0.3, 0.4) is 0 Å². The van der Waals surface area contributed by atoms with Crippen molar-refractivity contribution in [3.8, 4) is 0 Å². The monoisotopic (exact) mass is 645 g/mol. The summed E-state index contributed by atoms with van der Waals surface area (Å²) >= 11 is 7.45. The van der Waals surface area contributed by atoms with Gasteiger partial charge in [-0.1, -0.05) is 90.0 Å². The number of nitrogens with one attached hydrogen (secondary N) is 3. The molecular formula is C38H32ClN3O3S. The van der Waals surface area contributed by atoms with E-state index in [1.54, 1.807) is 66.7 Å². The normalized spacial score (nSPS) is 11.8. The summed E-state index contributed by atoms with van der Waals surface area (Å²) in [5.74, 6) is -1.03. The molecule has 0 radical (unpaired) electrons. The van der Waals surface area contributed by atoms with E-state index < -0.39 is 17.1 Å². The molecule has 0 saturated carbocycles. The highest BCUT2D eigenvalue weighted by molar-refractivity contribution is 8.00. The third-order valence-electron chi connectivity index (χ3n) is 7.06. The lowest BCUT2D eigenvalue weighted by Crippen LogP contribution is -2.30. The first kappa shape index (κ1) is 32.3. The van der Waals surface area contributed by atoms with Gasteiger partial charge in [-0.2, -0.15) is 0 Å². The molecule has 0 aromatic heterocycles. The number of halogens is 1. The van der Waals surface area contributed by atoms with Crippen molar-refractivity contribution in [3.63, 3.8) is 0 Å². The number of aryl methyl sites for hydroxylation is 2. The van der Waals surface area contributed by atoms with Crippen LogP contribution in [0.5, 0.6) is 0 Å². The Morgan fingerprint density at radius 3 is 2.04 bits per heavy atom. The van der Waals surface area contributed by atoms with E-state index in [1.807, 2.05) is 80.6 Å². The van der Waals surface area contributed by atoms with Gasteiger partial charge in [-0.25, -0.2) is 0 Å². The number of hydrogen-bond acceptors (Lipinski definition) is 4. The fourth-order valence-electron chi connectivity index (χ4n) is 4.67. The van der Waals surface area contributed by atoms with E-state index in [0.717, 1.165) is 27.3 Å². The molecule has 0 bridgehead atoms. The molecule has 3 N–H and O–H groups in total. The van der Waals surface area contributed by atoms with Crippen LogP contribution >= 0.6 is 23.4 Å². The Kier molecular flexibility index (Phi) is 10.7. The molecule has 0 saturated heterocycles. The molecule has 0 heterocycles. The third-order valence-corrected chi connectivity index (χ3v) is 8.57. The molecule has 1 unspecified atom stereocenters. The van der Waals surface area contributed by atoms with Crippen molar-refractivity contribution in [2.45, 2.75) is 24.0 Å². The summed E-state index contributed by atoms with van der Waals surface area (Å²) in [6, 6.07) is 38.4. The van der Waals surface area contributed by atoms with Gasteiger partial charge in [-0.3, -0.25) is 14.4 Å². The van der Waals surface area contributed by atoms with Gasteiger partial charge in [0.05, 0.1) is 0 Å². The summed E-state index contributed by atoms with van der Waals surface area (Å²) in [5, 5.41) is 8.76. The maximum atomic E-state index is 13.6. The van der Waals surface area contributed by atoms with E-state index in [2.05, 4.69) is 16.0 Å². The molecule has 0 spiro atoms. The van der Waals surface area contributed by atoms with E-state index in [4.69, 9.17) is 11.6 Å². The topological polar surface area (TPSA) is 87.3 Å². The zero-order chi connectivity index (χ0) is 32.5. The Balaban J connectivity index is 1.33. The van der Waals surface area contributed by atoms with Crippen LogP contribution < -0.4 is 16.0 Å². The van der Waals surface area contributed by atoms with E-state index in [-0.39, 0.29) is 11.6 Å². The summed E-state index contributed by atoms with van der Waals surface area (Å²) in [6.45, 7) is 3.99. The highest BCUT2D eigenvalue weighted by Crippen LogP contribution is 2.37. The van der Waals surface area contributed by atoms with Gasteiger partial charge in [0.1, 0.15) is 10.9 Å². The fraction of sp³-hybridized carbons (Fsp3) is 0.0789. The SMILES string of the molecule is Cc1ccc(NC(=O)C(Sc2ccc(NC(=O)/C(=C/c3ccc(Cl)cc3)NC(=O)c3ccccc3)cc2)c2ccccc2)c(C)c1. The van der Waals surface area contributed by atoms with Crippen molar-refractivity contribution < 1.29 is 14.4 Å². The Bertz CT molecular complexity index is 1860. The first-order valence-corrected chi connectivity index (χ1v) is 15.9. The Morgan fingerprint density at radius 2 is 1.39 bits per heavy atom. The molecule has 3 amide bonds.